The van der Waals surface area contributed by atoms with Gasteiger partial charge in [-0.25, -0.2) is 4.52 Å². The lowest BCUT2D eigenvalue weighted by Crippen LogP contribution is -2.06. The number of hydrogen-bond acceptors (Lipinski definition) is 3. The molecule has 0 aromatic carbocycles. The zero-order valence-electron chi connectivity index (χ0n) is 15.9. The standard InChI is InChI=1S/C22H25N3O2/c1-4-16-12-17(14-23-13-16)22-19(8-6-7-9-21(26)27)15(3)24-25-18(5-2)10-11-20(22)25/h4,10-14H,1,5-9H2,2-3H3,(H,26,27). The van der Waals surface area contributed by atoms with Crippen LogP contribution in [0, 0.1) is 6.92 Å². The maximum absolute atomic E-state index is 10.8. The van der Waals surface area contributed by atoms with E-state index in [0.717, 1.165) is 52.7 Å². The number of nitrogens with zero attached hydrogens (tertiary/aromatic N) is 3. The summed E-state index contributed by atoms with van der Waals surface area (Å²) in [6.45, 7) is 8.00. The Hall–Kier alpha value is -2.95. The molecule has 0 aliphatic heterocycles. The highest BCUT2D eigenvalue weighted by Gasteiger charge is 2.17. The summed E-state index contributed by atoms with van der Waals surface area (Å²) in [4.78, 5) is 15.2. The van der Waals surface area contributed by atoms with E-state index in [9.17, 15) is 4.79 Å². The third-order valence-corrected chi connectivity index (χ3v) is 4.89. The van der Waals surface area contributed by atoms with Crippen LogP contribution in [0.5, 0.6) is 0 Å². The fourth-order valence-electron chi connectivity index (χ4n) is 3.50. The van der Waals surface area contributed by atoms with Crippen molar-refractivity contribution in [1.29, 1.82) is 0 Å². The summed E-state index contributed by atoms with van der Waals surface area (Å²) < 4.78 is 2.02. The molecule has 3 heterocycles. The van der Waals surface area contributed by atoms with E-state index in [1.807, 2.05) is 17.6 Å². The number of pyridine rings is 1. The Bertz CT molecular complexity index is 989. The third kappa shape index (κ3) is 3.92. The quantitative estimate of drug-likeness (QED) is 0.589. The van der Waals surface area contributed by atoms with Crippen LogP contribution in [-0.2, 0) is 17.6 Å². The number of carboxylic acids is 1. The Labute approximate surface area is 159 Å². The number of aryl methyl sites for hydroxylation is 2. The molecule has 0 amide bonds. The lowest BCUT2D eigenvalue weighted by molar-refractivity contribution is -0.137. The number of carboxylic acid groups (broad SMARTS) is 1. The van der Waals surface area contributed by atoms with Crippen LogP contribution in [0.15, 0.2) is 37.2 Å². The Balaban J connectivity index is 2.13. The number of aromatic nitrogens is 3. The summed E-state index contributed by atoms with van der Waals surface area (Å²) in [5.74, 6) is -0.748. The number of rotatable bonds is 8. The highest BCUT2D eigenvalue weighted by atomic mass is 16.4. The average Bonchev–Trinajstić information content (AvgIpc) is 3.07. The molecule has 5 heteroatoms. The predicted octanol–water partition coefficient (Wildman–Crippen LogP) is 4.71. The lowest BCUT2D eigenvalue weighted by atomic mass is 9.95. The molecule has 0 saturated heterocycles. The van der Waals surface area contributed by atoms with Gasteiger partial charge in [0.15, 0.2) is 0 Å². The summed E-state index contributed by atoms with van der Waals surface area (Å²) in [6, 6.07) is 6.32. The number of fused-ring (bicyclic) bond motifs is 1. The van der Waals surface area contributed by atoms with Gasteiger partial charge in [-0.15, -0.1) is 0 Å². The number of unbranched alkanes of at least 4 members (excludes halogenated alkanes) is 1. The SMILES string of the molecule is C=Cc1cncc(-c2c(CCCCC(=O)O)c(C)nn3c(CC)ccc23)c1. The normalized spacial score (nSPS) is 11.0. The molecule has 3 rings (SSSR count). The number of carbonyl (C=O) groups is 1. The topological polar surface area (TPSA) is 67.5 Å². The Morgan fingerprint density at radius 2 is 2.11 bits per heavy atom. The van der Waals surface area contributed by atoms with Gasteiger partial charge in [0.2, 0.25) is 0 Å². The summed E-state index contributed by atoms with van der Waals surface area (Å²) in [6.07, 6.45) is 8.84. The zero-order valence-corrected chi connectivity index (χ0v) is 15.9. The van der Waals surface area contributed by atoms with Crippen LogP contribution in [-0.4, -0.2) is 25.7 Å². The van der Waals surface area contributed by atoms with Gasteiger partial charge in [-0.1, -0.05) is 19.6 Å². The molecule has 0 fully saturated rings. The van der Waals surface area contributed by atoms with Crippen LogP contribution >= 0.6 is 0 Å². The van der Waals surface area contributed by atoms with Gasteiger partial charge in [0.1, 0.15) is 0 Å². The van der Waals surface area contributed by atoms with Gasteiger partial charge in [-0.05, 0) is 61.9 Å². The van der Waals surface area contributed by atoms with Crippen LogP contribution < -0.4 is 0 Å². The van der Waals surface area contributed by atoms with E-state index in [2.05, 4.69) is 36.7 Å². The average molecular weight is 363 g/mol. The smallest absolute Gasteiger partial charge is 0.303 e. The van der Waals surface area contributed by atoms with Gasteiger partial charge < -0.3 is 5.11 Å². The van der Waals surface area contributed by atoms with E-state index < -0.39 is 5.97 Å². The predicted molar refractivity (Wildman–Crippen MR) is 108 cm³/mol. The number of hydrogen-bond donors (Lipinski definition) is 1. The summed E-state index contributed by atoms with van der Waals surface area (Å²) >= 11 is 0. The maximum atomic E-state index is 10.8. The fourth-order valence-corrected chi connectivity index (χ4v) is 3.50. The van der Waals surface area contributed by atoms with Gasteiger partial charge in [0.05, 0.1) is 11.2 Å². The molecule has 0 bridgehead atoms. The molecule has 3 aromatic rings. The number of aliphatic carboxylic acids is 1. The summed E-state index contributed by atoms with van der Waals surface area (Å²) in [7, 11) is 0. The molecular formula is C22H25N3O2. The van der Waals surface area contributed by atoms with Gasteiger partial charge in [-0.3, -0.25) is 9.78 Å². The Morgan fingerprint density at radius 3 is 2.81 bits per heavy atom. The van der Waals surface area contributed by atoms with Gasteiger partial charge in [0.25, 0.3) is 0 Å². The first-order valence-corrected chi connectivity index (χ1v) is 9.35. The van der Waals surface area contributed by atoms with Crippen LogP contribution in [0.4, 0.5) is 0 Å². The Kier molecular flexibility index (Phi) is 5.69. The second-order valence-electron chi connectivity index (χ2n) is 6.73. The van der Waals surface area contributed by atoms with Gasteiger partial charge >= 0.3 is 5.97 Å². The first-order chi connectivity index (χ1) is 13.0. The molecule has 5 nitrogen and oxygen atoms in total. The summed E-state index contributed by atoms with van der Waals surface area (Å²) in [5, 5.41) is 13.7. The highest BCUT2D eigenvalue weighted by Crippen LogP contribution is 2.32. The van der Waals surface area contributed by atoms with Crippen molar-refractivity contribution in [2.75, 3.05) is 0 Å². The molecule has 140 valence electrons. The molecular weight excluding hydrogens is 338 g/mol. The van der Waals surface area contributed by atoms with E-state index in [0.29, 0.717) is 6.42 Å². The molecule has 0 aliphatic carbocycles. The zero-order chi connectivity index (χ0) is 19.4. The molecule has 3 aromatic heterocycles. The van der Waals surface area contributed by atoms with E-state index in [-0.39, 0.29) is 6.42 Å². The van der Waals surface area contributed by atoms with Crippen LogP contribution in [0.2, 0.25) is 0 Å². The molecule has 0 saturated carbocycles. The maximum Gasteiger partial charge on any atom is 0.303 e. The van der Waals surface area contributed by atoms with E-state index in [4.69, 9.17) is 10.2 Å². The molecule has 0 radical (unpaired) electrons. The molecule has 0 aliphatic rings. The monoisotopic (exact) mass is 363 g/mol. The molecule has 0 unspecified atom stereocenters. The molecule has 0 atom stereocenters. The third-order valence-electron chi connectivity index (χ3n) is 4.89. The minimum atomic E-state index is -0.748. The first kappa shape index (κ1) is 18.8. The van der Waals surface area contributed by atoms with Crippen molar-refractivity contribution < 1.29 is 9.90 Å². The van der Waals surface area contributed by atoms with E-state index in [1.54, 1.807) is 12.3 Å². The second kappa shape index (κ2) is 8.16. The van der Waals surface area contributed by atoms with Crippen molar-refractivity contribution >= 4 is 17.6 Å². The van der Waals surface area contributed by atoms with E-state index in [1.165, 1.54) is 5.69 Å². The fraction of sp³-hybridized carbons (Fsp3) is 0.318. The Morgan fingerprint density at radius 1 is 1.30 bits per heavy atom. The van der Waals surface area contributed by atoms with Crippen molar-refractivity contribution in [2.24, 2.45) is 0 Å². The van der Waals surface area contributed by atoms with Gasteiger partial charge in [-0.2, -0.15) is 5.10 Å². The minimum absolute atomic E-state index is 0.197. The minimum Gasteiger partial charge on any atom is -0.481 e. The second-order valence-corrected chi connectivity index (χ2v) is 6.73. The first-order valence-electron chi connectivity index (χ1n) is 9.35. The highest BCUT2D eigenvalue weighted by molar-refractivity contribution is 5.84. The van der Waals surface area contributed by atoms with Crippen molar-refractivity contribution in [3.63, 3.8) is 0 Å². The lowest BCUT2D eigenvalue weighted by Gasteiger charge is -2.16. The van der Waals surface area contributed by atoms with Crippen molar-refractivity contribution in [1.82, 2.24) is 14.6 Å². The molecule has 0 spiro atoms. The van der Waals surface area contributed by atoms with Crippen LogP contribution in [0.1, 0.15) is 48.7 Å². The van der Waals surface area contributed by atoms with Crippen molar-refractivity contribution in [3.8, 4) is 11.1 Å². The van der Waals surface area contributed by atoms with Gasteiger partial charge in [0, 0.05) is 35.6 Å². The van der Waals surface area contributed by atoms with E-state index >= 15 is 0 Å². The molecule has 1 N–H and O–H groups in total. The van der Waals surface area contributed by atoms with Crippen LogP contribution in [0.3, 0.4) is 0 Å². The van der Waals surface area contributed by atoms with Crippen molar-refractivity contribution in [2.45, 2.75) is 46.0 Å². The van der Waals surface area contributed by atoms with Crippen LogP contribution in [0.25, 0.3) is 22.7 Å². The van der Waals surface area contributed by atoms with Crippen molar-refractivity contribution in [3.05, 3.63) is 59.7 Å². The molecule has 27 heavy (non-hydrogen) atoms. The summed E-state index contributed by atoms with van der Waals surface area (Å²) in [5.41, 5.74) is 7.51. The largest absolute Gasteiger partial charge is 0.481 e.